The molecule has 0 spiro atoms. The molecule has 1 N–H and O–H groups in total. The molecule has 2 heterocycles. The van der Waals surface area contributed by atoms with Gasteiger partial charge in [-0.3, -0.25) is 4.90 Å². The Morgan fingerprint density at radius 3 is 3.25 bits per heavy atom. The van der Waals surface area contributed by atoms with Crippen LogP contribution in [0.15, 0.2) is 18.3 Å². The van der Waals surface area contributed by atoms with Crippen molar-refractivity contribution < 1.29 is 4.74 Å². The lowest BCUT2D eigenvalue weighted by Crippen LogP contribution is -2.49. The van der Waals surface area contributed by atoms with Crippen molar-refractivity contribution >= 4 is 0 Å². The average molecular weight is 221 g/mol. The van der Waals surface area contributed by atoms with Gasteiger partial charge in [-0.25, -0.2) is 4.98 Å². The maximum Gasteiger partial charge on any atom is 0.217 e. The van der Waals surface area contributed by atoms with Crippen LogP contribution in [0.2, 0.25) is 0 Å². The second-order valence-corrected chi connectivity index (χ2v) is 4.20. The number of pyridine rings is 1. The minimum Gasteiger partial charge on any atom is -0.481 e. The number of hydrogen-bond acceptors (Lipinski definition) is 4. The van der Waals surface area contributed by atoms with Gasteiger partial charge in [-0.1, -0.05) is 6.07 Å². The predicted molar refractivity (Wildman–Crippen MR) is 63.5 cm³/mol. The van der Waals surface area contributed by atoms with E-state index in [1.807, 2.05) is 6.07 Å². The number of rotatable bonds is 3. The lowest BCUT2D eigenvalue weighted by Gasteiger charge is -2.33. The van der Waals surface area contributed by atoms with E-state index in [0.717, 1.165) is 32.1 Å². The quantitative estimate of drug-likeness (QED) is 0.822. The summed E-state index contributed by atoms with van der Waals surface area (Å²) >= 11 is 0. The molecule has 0 unspecified atom stereocenters. The molecule has 1 atom stereocenters. The summed E-state index contributed by atoms with van der Waals surface area (Å²) in [4.78, 5) is 6.68. The van der Waals surface area contributed by atoms with E-state index in [2.05, 4.69) is 28.2 Å². The maximum absolute atomic E-state index is 5.27. The molecule has 0 bridgehead atoms. The first kappa shape index (κ1) is 11.4. The van der Waals surface area contributed by atoms with Crippen LogP contribution in [0.5, 0.6) is 5.88 Å². The normalized spacial score (nSPS) is 22.0. The van der Waals surface area contributed by atoms with Gasteiger partial charge < -0.3 is 10.1 Å². The van der Waals surface area contributed by atoms with Crippen LogP contribution < -0.4 is 10.1 Å². The molecule has 2 rings (SSSR count). The first-order valence-corrected chi connectivity index (χ1v) is 5.74. The number of hydrogen-bond donors (Lipinski definition) is 1. The van der Waals surface area contributed by atoms with Gasteiger partial charge in [-0.2, -0.15) is 0 Å². The third-order valence-corrected chi connectivity index (χ3v) is 3.06. The number of nitrogens with one attached hydrogen (secondary N) is 1. The van der Waals surface area contributed by atoms with E-state index in [4.69, 9.17) is 4.74 Å². The Kier molecular flexibility index (Phi) is 3.74. The number of ether oxygens (including phenoxy) is 1. The standard InChI is InChI=1S/C12H19N3O/c1-10-8-13-6-7-15(10)9-11-4-3-5-14-12(11)16-2/h3-5,10,13H,6-9H2,1-2H3/t10-/m0/s1. The summed E-state index contributed by atoms with van der Waals surface area (Å²) in [6, 6.07) is 4.62. The first-order chi connectivity index (χ1) is 7.81. The third-order valence-electron chi connectivity index (χ3n) is 3.06. The highest BCUT2D eigenvalue weighted by Gasteiger charge is 2.19. The fourth-order valence-electron chi connectivity index (χ4n) is 2.07. The van der Waals surface area contributed by atoms with Crippen molar-refractivity contribution in [3.63, 3.8) is 0 Å². The second-order valence-electron chi connectivity index (χ2n) is 4.20. The van der Waals surface area contributed by atoms with Crippen molar-refractivity contribution in [3.8, 4) is 5.88 Å². The smallest absolute Gasteiger partial charge is 0.217 e. The Morgan fingerprint density at radius 1 is 1.62 bits per heavy atom. The van der Waals surface area contributed by atoms with E-state index in [1.165, 1.54) is 5.56 Å². The van der Waals surface area contributed by atoms with Gasteiger partial charge in [0.15, 0.2) is 0 Å². The van der Waals surface area contributed by atoms with Crippen LogP contribution in [0.3, 0.4) is 0 Å². The zero-order valence-electron chi connectivity index (χ0n) is 9.94. The highest BCUT2D eigenvalue weighted by molar-refractivity contribution is 5.25. The molecule has 16 heavy (non-hydrogen) atoms. The summed E-state index contributed by atoms with van der Waals surface area (Å²) in [5.41, 5.74) is 1.17. The van der Waals surface area contributed by atoms with Gasteiger partial charge in [0.05, 0.1) is 7.11 Å². The highest BCUT2D eigenvalue weighted by Crippen LogP contribution is 2.17. The van der Waals surface area contributed by atoms with Gasteiger partial charge in [-0.05, 0) is 13.0 Å². The van der Waals surface area contributed by atoms with Crippen LogP contribution in [0.1, 0.15) is 12.5 Å². The number of aromatic nitrogens is 1. The molecule has 4 nitrogen and oxygen atoms in total. The van der Waals surface area contributed by atoms with Gasteiger partial charge in [0, 0.05) is 44.0 Å². The minimum atomic E-state index is 0.568. The van der Waals surface area contributed by atoms with Crippen LogP contribution in [0.4, 0.5) is 0 Å². The number of nitrogens with zero attached hydrogens (tertiary/aromatic N) is 2. The van der Waals surface area contributed by atoms with Crippen LogP contribution in [-0.4, -0.2) is 42.7 Å². The van der Waals surface area contributed by atoms with Crippen LogP contribution >= 0.6 is 0 Å². The summed E-state index contributed by atoms with van der Waals surface area (Å²) in [5, 5.41) is 3.39. The molecule has 1 aliphatic rings. The summed E-state index contributed by atoms with van der Waals surface area (Å²) < 4.78 is 5.27. The minimum absolute atomic E-state index is 0.568. The van der Waals surface area contributed by atoms with E-state index in [-0.39, 0.29) is 0 Å². The first-order valence-electron chi connectivity index (χ1n) is 5.74. The summed E-state index contributed by atoms with van der Waals surface area (Å²) in [7, 11) is 1.67. The molecule has 1 aromatic rings. The summed E-state index contributed by atoms with van der Waals surface area (Å²) in [5.74, 6) is 0.744. The Hall–Kier alpha value is -1.13. The Morgan fingerprint density at radius 2 is 2.50 bits per heavy atom. The second kappa shape index (κ2) is 5.27. The molecule has 0 aliphatic carbocycles. The molecule has 88 valence electrons. The molecular weight excluding hydrogens is 202 g/mol. The van der Waals surface area contributed by atoms with Crippen molar-refractivity contribution in [2.24, 2.45) is 0 Å². The van der Waals surface area contributed by atoms with Crippen molar-refractivity contribution in [2.45, 2.75) is 19.5 Å². The lowest BCUT2D eigenvalue weighted by atomic mass is 10.1. The molecule has 4 heteroatoms. The number of methoxy groups -OCH3 is 1. The van der Waals surface area contributed by atoms with E-state index in [1.54, 1.807) is 13.3 Å². The maximum atomic E-state index is 5.27. The number of piperazine rings is 1. The molecule has 1 fully saturated rings. The van der Waals surface area contributed by atoms with Crippen LogP contribution in [0.25, 0.3) is 0 Å². The van der Waals surface area contributed by atoms with Crippen molar-refractivity contribution in [1.29, 1.82) is 0 Å². The topological polar surface area (TPSA) is 37.4 Å². The molecule has 0 radical (unpaired) electrons. The molecule has 0 amide bonds. The molecule has 1 aliphatic heterocycles. The van der Waals surface area contributed by atoms with E-state index in [9.17, 15) is 0 Å². The van der Waals surface area contributed by atoms with Gasteiger partial charge in [0.25, 0.3) is 0 Å². The summed E-state index contributed by atoms with van der Waals surface area (Å²) in [6.07, 6.45) is 1.77. The fourth-order valence-corrected chi connectivity index (χ4v) is 2.07. The fraction of sp³-hybridized carbons (Fsp3) is 0.583. The van der Waals surface area contributed by atoms with Crippen molar-refractivity contribution in [2.75, 3.05) is 26.7 Å². The molecule has 1 saturated heterocycles. The van der Waals surface area contributed by atoms with Gasteiger partial charge in [-0.15, -0.1) is 0 Å². The highest BCUT2D eigenvalue weighted by atomic mass is 16.5. The zero-order valence-corrected chi connectivity index (χ0v) is 9.94. The van der Waals surface area contributed by atoms with Gasteiger partial charge in [0.1, 0.15) is 0 Å². The van der Waals surface area contributed by atoms with Crippen molar-refractivity contribution in [1.82, 2.24) is 15.2 Å². The Bertz CT molecular complexity index is 343. The monoisotopic (exact) mass is 221 g/mol. The van der Waals surface area contributed by atoms with E-state index >= 15 is 0 Å². The predicted octanol–water partition coefficient (Wildman–Crippen LogP) is 0.884. The molecule has 0 saturated carbocycles. The Labute approximate surface area is 96.6 Å². The largest absolute Gasteiger partial charge is 0.481 e. The van der Waals surface area contributed by atoms with Crippen LogP contribution in [0, 0.1) is 0 Å². The summed E-state index contributed by atoms with van der Waals surface area (Å²) in [6.45, 7) is 6.36. The SMILES string of the molecule is COc1ncccc1CN1CCNC[C@@H]1C. The average Bonchev–Trinajstić information content (AvgIpc) is 2.33. The molecular formula is C12H19N3O. The third kappa shape index (κ3) is 2.51. The van der Waals surface area contributed by atoms with Crippen molar-refractivity contribution in [3.05, 3.63) is 23.9 Å². The van der Waals surface area contributed by atoms with E-state index < -0.39 is 0 Å². The van der Waals surface area contributed by atoms with E-state index in [0.29, 0.717) is 6.04 Å². The molecule has 0 aromatic carbocycles. The van der Waals surface area contributed by atoms with Gasteiger partial charge >= 0.3 is 0 Å². The molecule has 1 aromatic heterocycles. The zero-order chi connectivity index (χ0) is 11.4. The van der Waals surface area contributed by atoms with Gasteiger partial charge in [0.2, 0.25) is 5.88 Å². The Balaban J connectivity index is 2.07. The lowest BCUT2D eigenvalue weighted by molar-refractivity contribution is 0.163. The van der Waals surface area contributed by atoms with Crippen LogP contribution in [-0.2, 0) is 6.54 Å².